The Labute approximate surface area is 82.9 Å². The van der Waals surface area contributed by atoms with Crippen LogP contribution in [-0.4, -0.2) is 41.0 Å². The number of carboxylic acids is 1. The number of hydrogen-bond acceptors (Lipinski definition) is 3. The highest BCUT2D eigenvalue weighted by atomic mass is 16.4. The SMILES string of the molecule is CC(N)C(=O)N1CC(C(C)C(=O)O)C1. The van der Waals surface area contributed by atoms with Crippen molar-refractivity contribution in [2.24, 2.45) is 17.6 Å². The number of carboxylic acid groups (broad SMARTS) is 1. The Morgan fingerprint density at radius 1 is 1.43 bits per heavy atom. The van der Waals surface area contributed by atoms with Gasteiger partial charge in [-0.15, -0.1) is 0 Å². The largest absolute Gasteiger partial charge is 0.481 e. The molecule has 5 nitrogen and oxygen atoms in total. The first kappa shape index (κ1) is 11.0. The maximum absolute atomic E-state index is 11.3. The van der Waals surface area contributed by atoms with Crippen LogP contribution in [0.15, 0.2) is 0 Å². The summed E-state index contributed by atoms with van der Waals surface area (Å²) >= 11 is 0. The number of likely N-dealkylation sites (tertiary alicyclic amines) is 1. The van der Waals surface area contributed by atoms with Crippen molar-refractivity contribution in [3.63, 3.8) is 0 Å². The van der Waals surface area contributed by atoms with Crippen LogP contribution < -0.4 is 5.73 Å². The van der Waals surface area contributed by atoms with Gasteiger partial charge in [-0.1, -0.05) is 6.92 Å². The van der Waals surface area contributed by atoms with Crippen molar-refractivity contribution in [3.8, 4) is 0 Å². The Hall–Kier alpha value is -1.10. The minimum atomic E-state index is -0.803. The van der Waals surface area contributed by atoms with Crippen molar-refractivity contribution in [1.29, 1.82) is 0 Å². The van der Waals surface area contributed by atoms with Gasteiger partial charge in [0.05, 0.1) is 12.0 Å². The normalized spacial score (nSPS) is 21.2. The molecule has 1 rings (SSSR count). The van der Waals surface area contributed by atoms with E-state index in [-0.39, 0.29) is 17.7 Å². The summed E-state index contributed by atoms with van der Waals surface area (Å²) < 4.78 is 0. The zero-order valence-electron chi connectivity index (χ0n) is 8.43. The lowest BCUT2D eigenvalue weighted by atomic mass is 9.87. The molecule has 0 spiro atoms. The number of nitrogens with two attached hydrogens (primary N) is 1. The molecule has 0 aromatic rings. The van der Waals surface area contributed by atoms with Crippen molar-refractivity contribution in [2.45, 2.75) is 19.9 Å². The summed E-state index contributed by atoms with van der Waals surface area (Å²) in [6.07, 6.45) is 0. The molecule has 1 saturated heterocycles. The third-order valence-electron chi connectivity index (χ3n) is 2.71. The standard InChI is InChI=1S/C9H16N2O3/c1-5(9(13)14)7-3-11(4-7)8(12)6(2)10/h5-7H,3-4,10H2,1-2H3,(H,13,14). The van der Waals surface area contributed by atoms with Crippen molar-refractivity contribution in [2.75, 3.05) is 13.1 Å². The van der Waals surface area contributed by atoms with Gasteiger partial charge in [0.2, 0.25) is 5.91 Å². The number of hydrogen-bond donors (Lipinski definition) is 2. The fourth-order valence-corrected chi connectivity index (χ4v) is 1.50. The molecule has 0 aromatic heterocycles. The smallest absolute Gasteiger partial charge is 0.306 e. The van der Waals surface area contributed by atoms with Gasteiger partial charge in [-0.3, -0.25) is 9.59 Å². The van der Waals surface area contributed by atoms with Crippen LogP contribution in [0.2, 0.25) is 0 Å². The Morgan fingerprint density at radius 2 is 1.93 bits per heavy atom. The molecule has 0 saturated carbocycles. The minimum Gasteiger partial charge on any atom is -0.481 e. The van der Waals surface area contributed by atoms with E-state index >= 15 is 0 Å². The molecule has 3 N–H and O–H groups in total. The van der Waals surface area contributed by atoms with Crippen LogP contribution in [0.4, 0.5) is 0 Å². The van der Waals surface area contributed by atoms with Gasteiger partial charge >= 0.3 is 5.97 Å². The van der Waals surface area contributed by atoms with Crippen LogP contribution in [-0.2, 0) is 9.59 Å². The molecular formula is C9H16N2O3. The van der Waals surface area contributed by atoms with Gasteiger partial charge in [-0.05, 0) is 6.92 Å². The van der Waals surface area contributed by atoms with Crippen LogP contribution >= 0.6 is 0 Å². The van der Waals surface area contributed by atoms with Crippen molar-refractivity contribution in [1.82, 2.24) is 4.90 Å². The molecule has 1 aliphatic heterocycles. The Bertz CT molecular complexity index is 246. The van der Waals surface area contributed by atoms with Gasteiger partial charge in [-0.2, -0.15) is 0 Å². The summed E-state index contributed by atoms with van der Waals surface area (Å²) in [6, 6.07) is -0.490. The number of carbonyl (C=O) groups excluding carboxylic acids is 1. The van der Waals surface area contributed by atoms with E-state index in [9.17, 15) is 9.59 Å². The summed E-state index contributed by atoms with van der Waals surface area (Å²) in [5, 5.41) is 8.72. The molecule has 0 radical (unpaired) electrons. The highest BCUT2D eigenvalue weighted by Crippen LogP contribution is 2.24. The average Bonchev–Trinajstić information content (AvgIpc) is 2.00. The molecule has 0 aromatic carbocycles. The number of nitrogens with zero attached hydrogens (tertiary/aromatic N) is 1. The lowest BCUT2D eigenvalue weighted by Gasteiger charge is -2.41. The van der Waals surface area contributed by atoms with Gasteiger partial charge in [0.1, 0.15) is 0 Å². The minimum absolute atomic E-state index is 0.0789. The lowest BCUT2D eigenvalue weighted by molar-refractivity contribution is -0.150. The van der Waals surface area contributed by atoms with Crippen molar-refractivity contribution >= 4 is 11.9 Å². The predicted molar refractivity (Wildman–Crippen MR) is 50.5 cm³/mol. The molecule has 1 fully saturated rings. The van der Waals surface area contributed by atoms with Crippen LogP contribution in [0.25, 0.3) is 0 Å². The van der Waals surface area contributed by atoms with Crippen molar-refractivity contribution < 1.29 is 14.7 Å². The quantitative estimate of drug-likeness (QED) is 0.644. The second kappa shape index (κ2) is 3.96. The topological polar surface area (TPSA) is 83.6 Å². The summed E-state index contributed by atoms with van der Waals surface area (Å²) in [7, 11) is 0. The first-order valence-corrected chi connectivity index (χ1v) is 4.70. The van der Waals surface area contributed by atoms with Crippen LogP contribution in [0.5, 0.6) is 0 Å². The zero-order valence-corrected chi connectivity index (χ0v) is 8.43. The second-order valence-electron chi connectivity index (χ2n) is 3.92. The number of rotatable bonds is 3. The maximum atomic E-state index is 11.3. The van der Waals surface area contributed by atoms with Crippen LogP contribution in [0, 0.1) is 11.8 Å². The predicted octanol–water partition coefficient (Wildman–Crippen LogP) is -0.487. The maximum Gasteiger partial charge on any atom is 0.306 e. The first-order valence-electron chi connectivity index (χ1n) is 4.70. The van der Waals surface area contributed by atoms with E-state index in [4.69, 9.17) is 10.8 Å². The van der Waals surface area contributed by atoms with E-state index in [1.165, 1.54) is 0 Å². The fraction of sp³-hybridized carbons (Fsp3) is 0.778. The highest BCUT2D eigenvalue weighted by Gasteiger charge is 2.37. The van der Waals surface area contributed by atoms with E-state index < -0.39 is 12.0 Å². The average molecular weight is 200 g/mol. The first-order chi connectivity index (χ1) is 6.43. The molecule has 0 bridgehead atoms. The van der Waals surface area contributed by atoms with Gasteiger partial charge in [0.25, 0.3) is 0 Å². The van der Waals surface area contributed by atoms with Gasteiger partial charge in [0, 0.05) is 19.0 Å². The zero-order chi connectivity index (χ0) is 10.9. The molecule has 80 valence electrons. The fourth-order valence-electron chi connectivity index (χ4n) is 1.50. The monoisotopic (exact) mass is 200 g/mol. The molecule has 14 heavy (non-hydrogen) atoms. The summed E-state index contributed by atoms with van der Waals surface area (Å²) in [5.41, 5.74) is 5.42. The Kier molecular flexibility index (Phi) is 3.10. The Morgan fingerprint density at radius 3 is 2.29 bits per heavy atom. The molecule has 1 heterocycles. The van der Waals surface area contributed by atoms with E-state index in [0.717, 1.165) is 0 Å². The molecule has 2 unspecified atom stereocenters. The number of aliphatic carboxylic acids is 1. The summed E-state index contributed by atoms with van der Waals surface area (Å²) in [6.45, 7) is 4.35. The molecular weight excluding hydrogens is 184 g/mol. The van der Waals surface area contributed by atoms with E-state index in [2.05, 4.69) is 0 Å². The Balaban J connectivity index is 2.37. The second-order valence-corrected chi connectivity index (χ2v) is 3.92. The lowest BCUT2D eigenvalue weighted by Crippen LogP contribution is -2.57. The summed E-state index contributed by atoms with van der Waals surface area (Å²) in [4.78, 5) is 23.5. The van der Waals surface area contributed by atoms with Crippen molar-refractivity contribution in [3.05, 3.63) is 0 Å². The molecule has 1 amide bonds. The number of amides is 1. The van der Waals surface area contributed by atoms with E-state index in [0.29, 0.717) is 13.1 Å². The highest BCUT2D eigenvalue weighted by molar-refractivity contribution is 5.82. The van der Waals surface area contributed by atoms with E-state index in [1.54, 1.807) is 18.7 Å². The van der Waals surface area contributed by atoms with Crippen LogP contribution in [0.3, 0.4) is 0 Å². The third kappa shape index (κ3) is 2.04. The molecule has 1 aliphatic rings. The van der Waals surface area contributed by atoms with Gasteiger partial charge in [0.15, 0.2) is 0 Å². The summed E-state index contributed by atoms with van der Waals surface area (Å²) in [5.74, 6) is -1.20. The van der Waals surface area contributed by atoms with E-state index in [1.807, 2.05) is 0 Å². The molecule has 5 heteroatoms. The molecule has 2 atom stereocenters. The third-order valence-corrected chi connectivity index (χ3v) is 2.71. The van der Waals surface area contributed by atoms with Gasteiger partial charge < -0.3 is 15.7 Å². The van der Waals surface area contributed by atoms with Gasteiger partial charge in [-0.25, -0.2) is 0 Å². The molecule has 0 aliphatic carbocycles. The number of carbonyl (C=O) groups is 2. The van der Waals surface area contributed by atoms with Crippen LogP contribution in [0.1, 0.15) is 13.8 Å².